The number of rotatable bonds is 6. The van der Waals surface area contributed by atoms with Gasteiger partial charge < -0.3 is 9.63 Å². The molecule has 1 aliphatic heterocycles. The molecule has 0 bridgehead atoms. The first-order chi connectivity index (χ1) is 11.3. The molecule has 2 unspecified atom stereocenters. The lowest BCUT2D eigenvalue weighted by Crippen LogP contribution is -2.30. The first-order valence-electron chi connectivity index (χ1n) is 8.59. The topological polar surface area (TPSA) is 62.4 Å². The minimum absolute atomic E-state index is 0.376. The van der Waals surface area contributed by atoms with Crippen LogP contribution in [0.3, 0.4) is 0 Å². The molecule has 2 aromatic rings. The standard InChI is InChI=1S/C18H23N3O2/c22-16(13-5-2-1-3-6-13)11-15-7-4-10-21(15)12-17-19-18(20-23-17)14-8-9-14/h1-3,5-6,14-16,22H,4,7-12H2. The van der Waals surface area contributed by atoms with E-state index in [-0.39, 0.29) is 0 Å². The molecule has 1 aromatic heterocycles. The normalized spacial score (nSPS) is 23.3. The van der Waals surface area contributed by atoms with Gasteiger partial charge in [-0.1, -0.05) is 35.5 Å². The molecule has 1 aliphatic carbocycles. The van der Waals surface area contributed by atoms with Gasteiger partial charge in [0.2, 0.25) is 5.89 Å². The van der Waals surface area contributed by atoms with Crippen LogP contribution in [0.2, 0.25) is 0 Å². The highest BCUT2D eigenvalue weighted by molar-refractivity contribution is 5.17. The van der Waals surface area contributed by atoms with Crippen LogP contribution < -0.4 is 0 Å². The Morgan fingerprint density at radius 3 is 2.83 bits per heavy atom. The zero-order valence-electron chi connectivity index (χ0n) is 13.3. The van der Waals surface area contributed by atoms with Gasteiger partial charge in [0.1, 0.15) is 0 Å². The summed E-state index contributed by atoms with van der Waals surface area (Å²) >= 11 is 0. The molecular formula is C18H23N3O2. The van der Waals surface area contributed by atoms with Gasteiger partial charge in [0.25, 0.3) is 0 Å². The molecule has 1 aromatic carbocycles. The molecule has 0 radical (unpaired) electrons. The van der Waals surface area contributed by atoms with E-state index in [0.29, 0.717) is 24.4 Å². The van der Waals surface area contributed by atoms with Crippen LogP contribution in [0.4, 0.5) is 0 Å². The van der Waals surface area contributed by atoms with Crippen LogP contribution in [0.5, 0.6) is 0 Å². The van der Waals surface area contributed by atoms with Gasteiger partial charge in [-0.05, 0) is 44.2 Å². The van der Waals surface area contributed by atoms with Crippen molar-refractivity contribution in [1.82, 2.24) is 15.0 Å². The number of hydrogen-bond acceptors (Lipinski definition) is 5. The molecule has 0 spiro atoms. The van der Waals surface area contributed by atoms with Crippen LogP contribution >= 0.6 is 0 Å². The largest absolute Gasteiger partial charge is 0.388 e. The van der Waals surface area contributed by atoms with Crippen LogP contribution in [0, 0.1) is 0 Å². The van der Waals surface area contributed by atoms with Gasteiger partial charge in [0.05, 0.1) is 12.6 Å². The van der Waals surface area contributed by atoms with Crippen molar-refractivity contribution in [2.75, 3.05) is 6.54 Å². The number of likely N-dealkylation sites (tertiary alicyclic amines) is 1. The number of aliphatic hydroxyl groups is 1. The first kappa shape index (κ1) is 14.8. The van der Waals surface area contributed by atoms with Gasteiger partial charge in [-0.25, -0.2) is 0 Å². The van der Waals surface area contributed by atoms with Gasteiger partial charge in [0.15, 0.2) is 5.82 Å². The van der Waals surface area contributed by atoms with Crippen molar-refractivity contribution in [3.8, 4) is 0 Å². The quantitative estimate of drug-likeness (QED) is 0.888. The summed E-state index contributed by atoms with van der Waals surface area (Å²) in [6.45, 7) is 1.74. The summed E-state index contributed by atoms with van der Waals surface area (Å²) in [6.07, 6.45) is 5.01. The van der Waals surface area contributed by atoms with E-state index in [1.165, 1.54) is 12.8 Å². The average molecular weight is 313 g/mol. The van der Waals surface area contributed by atoms with E-state index in [2.05, 4.69) is 15.0 Å². The fraction of sp³-hybridized carbons (Fsp3) is 0.556. The third-order valence-electron chi connectivity index (χ3n) is 4.94. The zero-order valence-corrected chi connectivity index (χ0v) is 13.3. The van der Waals surface area contributed by atoms with Crippen LogP contribution in [-0.4, -0.2) is 32.7 Å². The maximum absolute atomic E-state index is 10.5. The predicted octanol–water partition coefficient (Wildman–Crippen LogP) is 3.04. The summed E-state index contributed by atoms with van der Waals surface area (Å²) < 4.78 is 5.40. The van der Waals surface area contributed by atoms with E-state index < -0.39 is 6.10 Å². The highest BCUT2D eigenvalue weighted by Crippen LogP contribution is 2.38. The number of aromatic nitrogens is 2. The monoisotopic (exact) mass is 313 g/mol. The molecule has 1 saturated heterocycles. The maximum atomic E-state index is 10.5. The SMILES string of the molecule is OC(CC1CCCN1Cc1nc(C2CC2)no1)c1ccccc1. The molecule has 23 heavy (non-hydrogen) atoms. The molecule has 0 amide bonds. The zero-order chi connectivity index (χ0) is 15.6. The second-order valence-corrected chi connectivity index (χ2v) is 6.75. The van der Waals surface area contributed by atoms with Crippen LogP contribution in [0.15, 0.2) is 34.9 Å². The first-order valence-corrected chi connectivity index (χ1v) is 8.59. The molecule has 2 heterocycles. The predicted molar refractivity (Wildman–Crippen MR) is 85.7 cm³/mol. The lowest BCUT2D eigenvalue weighted by molar-refractivity contribution is 0.112. The molecule has 2 aliphatic rings. The summed E-state index contributed by atoms with van der Waals surface area (Å²) in [4.78, 5) is 6.90. The van der Waals surface area contributed by atoms with E-state index >= 15 is 0 Å². The van der Waals surface area contributed by atoms with Crippen molar-refractivity contribution in [3.63, 3.8) is 0 Å². The van der Waals surface area contributed by atoms with E-state index in [1.807, 2.05) is 30.3 Å². The van der Waals surface area contributed by atoms with E-state index in [9.17, 15) is 5.11 Å². The Bertz CT molecular complexity index is 639. The molecule has 5 heteroatoms. The molecule has 122 valence electrons. The summed E-state index contributed by atoms with van der Waals surface area (Å²) in [6, 6.07) is 10.3. The van der Waals surface area contributed by atoms with Gasteiger partial charge in [0, 0.05) is 12.0 Å². The van der Waals surface area contributed by atoms with Gasteiger partial charge in [-0.15, -0.1) is 0 Å². The van der Waals surface area contributed by atoms with Crippen LogP contribution in [0.1, 0.15) is 61.4 Å². The number of benzene rings is 1. The molecule has 2 atom stereocenters. The fourth-order valence-electron chi connectivity index (χ4n) is 3.45. The van der Waals surface area contributed by atoms with Crippen molar-refractivity contribution in [2.45, 2.75) is 56.7 Å². The van der Waals surface area contributed by atoms with Crippen LogP contribution in [0.25, 0.3) is 0 Å². The second kappa shape index (κ2) is 6.42. The highest BCUT2D eigenvalue weighted by atomic mass is 16.5. The summed E-state index contributed by atoms with van der Waals surface area (Å²) in [5.74, 6) is 2.12. The summed E-state index contributed by atoms with van der Waals surface area (Å²) in [5.41, 5.74) is 0.994. The van der Waals surface area contributed by atoms with E-state index in [4.69, 9.17) is 4.52 Å². The molecule has 4 rings (SSSR count). The number of hydrogen-bond donors (Lipinski definition) is 1. The Kier molecular flexibility index (Phi) is 4.14. The summed E-state index contributed by atoms with van der Waals surface area (Å²) in [5, 5.41) is 14.6. The highest BCUT2D eigenvalue weighted by Gasteiger charge is 2.31. The molecule has 2 fully saturated rings. The summed E-state index contributed by atoms with van der Waals surface area (Å²) in [7, 11) is 0. The third-order valence-corrected chi connectivity index (χ3v) is 4.94. The lowest BCUT2D eigenvalue weighted by Gasteiger charge is -2.25. The average Bonchev–Trinajstić information content (AvgIpc) is 3.18. The third kappa shape index (κ3) is 3.46. The van der Waals surface area contributed by atoms with Crippen molar-refractivity contribution < 1.29 is 9.63 Å². The fourth-order valence-corrected chi connectivity index (χ4v) is 3.45. The maximum Gasteiger partial charge on any atom is 0.240 e. The Balaban J connectivity index is 1.37. The Morgan fingerprint density at radius 1 is 1.22 bits per heavy atom. The minimum atomic E-state index is -0.411. The van der Waals surface area contributed by atoms with Gasteiger partial charge in [-0.3, -0.25) is 4.90 Å². The van der Waals surface area contributed by atoms with Crippen molar-refractivity contribution in [1.29, 1.82) is 0 Å². The lowest BCUT2D eigenvalue weighted by atomic mass is 10.0. The number of nitrogens with zero attached hydrogens (tertiary/aromatic N) is 3. The second-order valence-electron chi connectivity index (χ2n) is 6.75. The minimum Gasteiger partial charge on any atom is -0.388 e. The Labute approximate surface area is 136 Å². The van der Waals surface area contributed by atoms with Gasteiger partial charge in [-0.2, -0.15) is 4.98 Å². The van der Waals surface area contributed by atoms with E-state index in [0.717, 1.165) is 37.2 Å². The Hall–Kier alpha value is -1.72. The number of aliphatic hydroxyl groups excluding tert-OH is 1. The molecule has 1 N–H and O–H groups in total. The van der Waals surface area contributed by atoms with Crippen LogP contribution in [-0.2, 0) is 6.54 Å². The van der Waals surface area contributed by atoms with Gasteiger partial charge >= 0.3 is 0 Å². The van der Waals surface area contributed by atoms with Crippen molar-refractivity contribution >= 4 is 0 Å². The molecule has 1 saturated carbocycles. The Morgan fingerprint density at radius 2 is 2.04 bits per heavy atom. The van der Waals surface area contributed by atoms with E-state index in [1.54, 1.807) is 0 Å². The van der Waals surface area contributed by atoms with Crippen molar-refractivity contribution in [3.05, 3.63) is 47.6 Å². The smallest absolute Gasteiger partial charge is 0.240 e. The molecule has 5 nitrogen and oxygen atoms in total. The van der Waals surface area contributed by atoms with Crippen molar-refractivity contribution in [2.24, 2.45) is 0 Å². The molecular weight excluding hydrogens is 290 g/mol.